The summed E-state index contributed by atoms with van der Waals surface area (Å²) < 4.78 is 0. The molecule has 0 radical (unpaired) electrons. The highest BCUT2D eigenvalue weighted by Crippen LogP contribution is 2.32. The molecule has 2 aromatic rings. The summed E-state index contributed by atoms with van der Waals surface area (Å²) in [5, 5.41) is 3.16. The summed E-state index contributed by atoms with van der Waals surface area (Å²) in [5.41, 5.74) is 3.40. The highest BCUT2D eigenvalue weighted by Gasteiger charge is 2.37. The van der Waals surface area contributed by atoms with Gasteiger partial charge in [-0.15, -0.1) is 0 Å². The molecule has 4 rings (SSSR count). The van der Waals surface area contributed by atoms with Crippen molar-refractivity contribution in [1.82, 2.24) is 15.1 Å². The number of carbonyl (C=O) groups is 2. The van der Waals surface area contributed by atoms with Crippen LogP contribution in [0.25, 0.3) is 5.70 Å². The third-order valence-electron chi connectivity index (χ3n) is 6.24. The summed E-state index contributed by atoms with van der Waals surface area (Å²) in [6, 6.07) is 17.5. The molecule has 0 saturated carbocycles. The monoisotopic (exact) mass is 403 g/mol. The smallest absolute Gasteiger partial charge is 0.259 e. The Morgan fingerprint density at radius 1 is 1.07 bits per heavy atom. The van der Waals surface area contributed by atoms with Crippen LogP contribution in [0.1, 0.15) is 41.3 Å². The second kappa shape index (κ2) is 8.84. The van der Waals surface area contributed by atoms with Crippen LogP contribution in [-0.2, 0) is 11.2 Å². The maximum atomic E-state index is 12.9. The maximum absolute atomic E-state index is 12.9. The molecular weight excluding hydrogens is 374 g/mol. The van der Waals surface area contributed by atoms with Gasteiger partial charge in [0.25, 0.3) is 5.91 Å². The van der Waals surface area contributed by atoms with Gasteiger partial charge in [0.1, 0.15) is 6.04 Å². The first-order valence-corrected chi connectivity index (χ1v) is 10.7. The Balaban J connectivity index is 1.27. The van der Waals surface area contributed by atoms with Crippen LogP contribution in [0.15, 0.2) is 61.2 Å². The number of piperidine rings is 1. The van der Waals surface area contributed by atoms with Gasteiger partial charge in [-0.25, -0.2) is 0 Å². The summed E-state index contributed by atoms with van der Waals surface area (Å²) in [4.78, 5) is 29.6. The topological polar surface area (TPSA) is 52.7 Å². The van der Waals surface area contributed by atoms with Crippen LogP contribution >= 0.6 is 0 Å². The molecule has 0 aliphatic carbocycles. The van der Waals surface area contributed by atoms with Crippen molar-refractivity contribution in [2.45, 2.75) is 38.3 Å². The first kappa shape index (κ1) is 20.4. The molecule has 1 atom stereocenters. The highest BCUT2D eigenvalue weighted by molar-refractivity contribution is 6.10. The van der Waals surface area contributed by atoms with Crippen LogP contribution in [-0.4, -0.2) is 53.3 Å². The third-order valence-corrected chi connectivity index (χ3v) is 6.24. The lowest BCUT2D eigenvalue weighted by molar-refractivity contribution is -0.125. The van der Waals surface area contributed by atoms with E-state index in [4.69, 9.17) is 0 Å². The summed E-state index contributed by atoms with van der Waals surface area (Å²) >= 11 is 0. The Kier molecular flexibility index (Phi) is 6.00. The van der Waals surface area contributed by atoms with E-state index in [0.29, 0.717) is 11.3 Å². The standard InChI is InChI=1S/C25H29N3O2/c1-18-22-10-6-7-11-23(22)25(30)28(18)19(2)24(29)26-21-13-16-27(17-14-21)15-12-20-8-4-3-5-9-20/h3-11,19,21H,1,12-17H2,2H3,(H,26,29). The predicted molar refractivity (Wildman–Crippen MR) is 119 cm³/mol. The van der Waals surface area contributed by atoms with Crippen LogP contribution in [0.4, 0.5) is 0 Å². The second-order valence-electron chi connectivity index (χ2n) is 8.20. The molecule has 5 heteroatoms. The fourth-order valence-corrected chi connectivity index (χ4v) is 4.38. The van der Waals surface area contributed by atoms with E-state index >= 15 is 0 Å². The number of benzene rings is 2. The molecule has 2 aliphatic rings. The second-order valence-corrected chi connectivity index (χ2v) is 8.20. The lowest BCUT2D eigenvalue weighted by Gasteiger charge is -2.33. The van der Waals surface area contributed by atoms with E-state index in [0.717, 1.165) is 44.5 Å². The maximum Gasteiger partial charge on any atom is 0.259 e. The van der Waals surface area contributed by atoms with E-state index in [9.17, 15) is 9.59 Å². The van der Waals surface area contributed by atoms with E-state index in [1.54, 1.807) is 13.0 Å². The molecule has 2 aliphatic heterocycles. The van der Waals surface area contributed by atoms with Crippen molar-refractivity contribution in [3.05, 3.63) is 77.9 Å². The minimum Gasteiger partial charge on any atom is -0.351 e. The van der Waals surface area contributed by atoms with Gasteiger partial charge < -0.3 is 10.2 Å². The Bertz CT molecular complexity index is 897. The number of hydrogen-bond donors (Lipinski definition) is 1. The van der Waals surface area contributed by atoms with Crippen LogP contribution in [0, 0.1) is 0 Å². The number of carbonyl (C=O) groups excluding carboxylic acids is 2. The minimum atomic E-state index is -0.575. The Morgan fingerprint density at radius 3 is 2.37 bits per heavy atom. The summed E-state index contributed by atoms with van der Waals surface area (Å²) in [6.07, 6.45) is 2.92. The zero-order chi connectivity index (χ0) is 21.1. The molecule has 0 aromatic heterocycles. The van der Waals surface area contributed by atoms with Gasteiger partial charge in [0.15, 0.2) is 0 Å². The van der Waals surface area contributed by atoms with Gasteiger partial charge in [0.2, 0.25) is 5.91 Å². The normalized spacial score (nSPS) is 18.4. The van der Waals surface area contributed by atoms with Crippen LogP contribution in [0.2, 0.25) is 0 Å². The predicted octanol–water partition coefficient (Wildman–Crippen LogP) is 3.32. The lowest BCUT2D eigenvalue weighted by atomic mass is 10.0. The molecule has 5 nitrogen and oxygen atoms in total. The molecule has 2 heterocycles. The van der Waals surface area contributed by atoms with Gasteiger partial charge in [0, 0.05) is 42.5 Å². The largest absolute Gasteiger partial charge is 0.351 e. The third kappa shape index (κ3) is 4.17. The van der Waals surface area contributed by atoms with Crippen molar-refractivity contribution in [2.24, 2.45) is 0 Å². The number of nitrogens with zero attached hydrogens (tertiary/aromatic N) is 2. The van der Waals surface area contributed by atoms with E-state index in [2.05, 4.69) is 41.1 Å². The van der Waals surface area contributed by atoms with E-state index in [1.165, 1.54) is 10.5 Å². The van der Waals surface area contributed by atoms with Gasteiger partial charge in [-0.2, -0.15) is 0 Å². The van der Waals surface area contributed by atoms with Gasteiger partial charge in [0.05, 0.1) is 0 Å². The fraction of sp³-hybridized carbons (Fsp3) is 0.360. The number of hydrogen-bond acceptors (Lipinski definition) is 3. The first-order chi connectivity index (χ1) is 14.5. The van der Waals surface area contributed by atoms with Crippen LogP contribution in [0.3, 0.4) is 0 Å². The molecule has 2 amide bonds. The number of amides is 2. The number of rotatable bonds is 6. The Labute approximate surface area is 178 Å². The average molecular weight is 404 g/mol. The number of likely N-dealkylation sites (tertiary alicyclic amines) is 1. The summed E-state index contributed by atoms with van der Waals surface area (Å²) in [5.74, 6) is -0.256. The van der Waals surface area contributed by atoms with Crippen LogP contribution < -0.4 is 5.32 Å². The highest BCUT2D eigenvalue weighted by atomic mass is 16.2. The molecule has 1 N–H and O–H groups in total. The van der Waals surface area contributed by atoms with Gasteiger partial charge >= 0.3 is 0 Å². The molecule has 1 unspecified atom stereocenters. The SMILES string of the molecule is C=C1c2ccccc2C(=O)N1C(C)C(=O)NC1CCN(CCc2ccccc2)CC1. The van der Waals surface area contributed by atoms with E-state index < -0.39 is 6.04 Å². The Hall–Kier alpha value is -2.92. The van der Waals surface area contributed by atoms with Crippen molar-refractivity contribution < 1.29 is 9.59 Å². The Morgan fingerprint density at radius 2 is 1.70 bits per heavy atom. The van der Waals surface area contributed by atoms with Crippen molar-refractivity contribution in [1.29, 1.82) is 0 Å². The summed E-state index contributed by atoms with van der Waals surface area (Å²) in [7, 11) is 0. The molecular formula is C25H29N3O2. The van der Waals surface area contributed by atoms with Gasteiger partial charge in [-0.1, -0.05) is 55.1 Å². The molecule has 1 fully saturated rings. The number of nitrogens with one attached hydrogen (secondary N) is 1. The minimum absolute atomic E-state index is 0.111. The lowest BCUT2D eigenvalue weighted by Crippen LogP contribution is -2.51. The molecule has 30 heavy (non-hydrogen) atoms. The first-order valence-electron chi connectivity index (χ1n) is 10.7. The van der Waals surface area contributed by atoms with Gasteiger partial charge in [-0.05, 0) is 37.8 Å². The quantitative estimate of drug-likeness (QED) is 0.805. The zero-order valence-electron chi connectivity index (χ0n) is 17.5. The van der Waals surface area contributed by atoms with Crippen molar-refractivity contribution >= 4 is 17.5 Å². The molecule has 2 aromatic carbocycles. The molecule has 0 bridgehead atoms. The van der Waals surface area contributed by atoms with Gasteiger partial charge in [-0.3, -0.25) is 14.5 Å². The molecule has 156 valence electrons. The zero-order valence-corrected chi connectivity index (χ0v) is 17.5. The average Bonchev–Trinajstić information content (AvgIpc) is 3.04. The van der Waals surface area contributed by atoms with Crippen molar-refractivity contribution in [3.8, 4) is 0 Å². The molecule has 0 spiro atoms. The summed E-state index contributed by atoms with van der Waals surface area (Å²) in [6.45, 7) is 8.83. The van der Waals surface area contributed by atoms with Crippen molar-refractivity contribution in [2.75, 3.05) is 19.6 Å². The van der Waals surface area contributed by atoms with E-state index in [1.807, 2.05) is 24.3 Å². The molecule has 1 saturated heterocycles. The fourth-order valence-electron chi connectivity index (χ4n) is 4.38. The van der Waals surface area contributed by atoms with E-state index in [-0.39, 0.29) is 17.9 Å². The number of fused-ring (bicyclic) bond motifs is 1. The van der Waals surface area contributed by atoms with Crippen molar-refractivity contribution in [3.63, 3.8) is 0 Å². The van der Waals surface area contributed by atoms with Crippen LogP contribution in [0.5, 0.6) is 0 Å².